The van der Waals surface area contributed by atoms with Crippen molar-refractivity contribution >= 4 is 0 Å². The van der Waals surface area contributed by atoms with Gasteiger partial charge in [-0.1, -0.05) is 6.92 Å². The Kier molecular flexibility index (Phi) is 0.725. The normalized spacial score (nSPS) is 42.3. The Morgan fingerprint density at radius 3 is 3.22 bits per heavy atom. The first-order chi connectivity index (χ1) is 4.70. The molecule has 0 bridgehead atoms. The van der Waals surface area contributed by atoms with Crippen LogP contribution in [0.2, 0.25) is 0 Å². The molecule has 2 heteroatoms. The summed E-state index contributed by atoms with van der Waals surface area (Å²) in [6, 6.07) is 0. The summed E-state index contributed by atoms with van der Waals surface area (Å²) in [5.74, 6) is 0.169. The van der Waals surface area contributed by atoms with Crippen LogP contribution in [0, 0.1) is 5.89 Å². The van der Waals surface area contributed by atoms with E-state index in [0.717, 1.165) is 12.1 Å². The van der Waals surface area contributed by atoms with Gasteiger partial charge >= 0.3 is 0 Å². The molecule has 0 radical (unpaired) electrons. The van der Waals surface area contributed by atoms with Crippen LogP contribution >= 0.6 is 0 Å². The molecule has 1 aliphatic rings. The molecular formula is C7H10N2. The quantitative estimate of drug-likeness (QED) is 0.604. The number of H-pyrrole nitrogens is 1. The minimum Gasteiger partial charge on any atom is -0.348 e. The topological polar surface area (TPSA) is 28.7 Å². The first-order valence-electron chi connectivity index (χ1n) is 3.68. The summed E-state index contributed by atoms with van der Waals surface area (Å²) in [4.78, 5) is 6.93. The number of rotatable bonds is 1. The third kappa shape index (κ3) is 0.745. The number of nitrogens with zero attached hydrogens (tertiary/aromatic N) is 1. The van der Waals surface area contributed by atoms with Crippen molar-refractivity contribution in [2.24, 2.45) is 5.89 Å². The molecule has 1 aromatic rings. The summed E-state index contributed by atoms with van der Waals surface area (Å²) in [5, 5.41) is 0. The van der Waals surface area contributed by atoms with Gasteiger partial charge in [0.25, 0.3) is 0 Å². The van der Waals surface area contributed by atoms with E-state index < -0.39 is 0 Å². The van der Waals surface area contributed by atoms with Crippen LogP contribution in [0.5, 0.6) is 0 Å². The van der Waals surface area contributed by atoms with Crippen LogP contribution in [0.25, 0.3) is 0 Å². The van der Waals surface area contributed by atoms with Gasteiger partial charge in [0.05, 0.1) is 6.33 Å². The molecule has 0 aliphatic heterocycles. The molecule has 0 aromatic carbocycles. The van der Waals surface area contributed by atoms with Crippen LogP contribution in [-0.2, 0) is 0 Å². The standard InChI is InChI=1S/C7H10N2/c1-5-2-6(5)7-3-8-4-9-7/h3-6H,2H2,1H3,(H,8,9)/i5T. The van der Waals surface area contributed by atoms with E-state index >= 15 is 0 Å². The average Bonchev–Trinajstić information content (AvgIpc) is 2.31. The van der Waals surface area contributed by atoms with E-state index in [4.69, 9.17) is 1.37 Å². The fraction of sp³-hybridized carbons (Fsp3) is 0.571. The van der Waals surface area contributed by atoms with Gasteiger partial charge in [-0.3, -0.25) is 0 Å². The van der Waals surface area contributed by atoms with Crippen molar-refractivity contribution in [3.63, 3.8) is 0 Å². The molecular weight excluding hydrogens is 112 g/mol. The van der Waals surface area contributed by atoms with Gasteiger partial charge < -0.3 is 4.98 Å². The molecule has 1 aromatic heterocycles. The molecule has 2 rings (SSSR count). The molecule has 2 atom stereocenters. The summed E-state index contributed by atoms with van der Waals surface area (Å²) in [5.41, 5.74) is 1.11. The summed E-state index contributed by atoms with van der Waals surface area (Å²) >= 11 is 0. The van der Waals surface area contributed by atoms with Crippen LogP contribution in [-0.4, -0.2) is 9.97 Å². The van der Waals surface area contributed by atoms with Crippen molar-refractivity contribution in [2.45, 2.75) is 19.3 Å². The zero-order valence-electron chi connectivity index (χ0n) is 6.39. The van der Waals surface area contributed by atoms with Crippen LogP contribution in [0.15, 0.2) is 12.5 Å². The van der Waals surface area contributed by atoms with Crippen LogP contribution < -0.4 is 0 Å². The van der Waals surface area contributed by atoms with Gasteiger partial charge in [0, 0.05) is 19.2 Å². The average molecular weight is 124 g/mol. The van der Waals surface area contributed by atoms with E-state index in [9.17, 15) is 0 Å². The minimum atomic E-state index is -0.230. The lowest BCUT2D eigenvalue weighted by atomic mass is 10.3. The van der Waals surface area contributed by atoms with E-state index in [1.165, 1.54) is 0 Å². The molecule has 2 nitrogen and oxygen atoms in total. The maximum Gasteiger partial charge on any atom is 0.0921 e. The molecule has 2 unspecified atom stereocenters. The Hall–Kier alpha value is -0.790. The van der Waals surface area contributed by atoms with Gasteiger partial charge in [-0.25, -0.2) is 4.98 Å². The van der Waals surface area contributed by atoms with Crippen LogP contribution in [0.1, 0.15) is 26.3 Å². The highest BCUT2D eigenvalue weighted by Crippen LogP contribution is 2.45. The Labute approximate surface area is 55.7 Å². The Balaban J connectivity index is 2.19. The van der Waals surface area contributed by atoms with E-state index in [0.29, 0.717) is 5.92 Å². The van der Waals surface area contributed by atoms with E-state index in [1.807, 2.05) is 13.1 Å². The fourth-order valence-electron chi connectivity index (χ4n) is 1.10. The van der Waals surface area contributed by atoms with Gasteiger partial charge in [0.2, 0.25) is 0 Å². The summed E-state index contributed by atoms with van der Waals surface area (Å²) in [6.07, 6.45) is 4.45. The summed E-state index contributed by atoms with van der Waals surface area (Å²) in [6.45, 7) is 1.96. The third-order valence-corrected chi connectivity index (χ3v) is 1.86. The molecule has 0 spiro atoms. The maximum absolute atomic E-state index is 7.63. The van der Waals surface area contributed by atoms with Crippen molar-refractivity contribution in [1.29, 1.82) is 0 Å². The molecule has 48 valence electrons. The highest BCUT2D eigenvalue weighted by Gasteiger charge is 2.34. The molecule has 1 N–H and O–H groups in total. The summed E-state index contributed by atoms with van der Waals surface area (Å²) in [7, 11) is 0. The summed E-state index contributed by atoms with van der Waals surface area (Å²) < 4.78 is 7.63. The largest absolute Gasteiger partial charge is 0.348 e. The molecule has 1 heterocycles. The number of hydrogen-bond donors (Lipinski definition) is 1. The zero-order valence-corrected chi connectivity index (χ0v) is 5.39. The smallest absolute Gasteiger partial charge is 0.0921 e. The number of aromatic nitrogens is 2. The highest BCUT2D eigenvalue weighted by atomic mass is 14.9. The Morgan fingerprint density at radius 2 is 2.78 bits per heavy atom. The second-order valence-electron chi connectivity index (χ2n) is 2.61. The Morgan fingerprint density at radius 1 is 2.00 bits per heavy atom. The third-order valence-electron chi connectivity index (χ3n) is 1.86. The number of aromatic amines is 1. The van der Waals surface area contributed by atoms with Crippen LogP contribution in [0.4, 0.5) is 0 Å². The zero-order chi connectivity index (χ0) is 7.19. The second kappa shape index (κ2) is 1.59. The lowest BCUT2D eigenvalue weighted by molar-refractivity contribution is 0.893. The fourth-order valence-corrected chi connectivity index (χ4v) is 1.10. The lowest BCUT2D eigenvalue weighted by Gasteiger charge is -1.86. The molecule has 1 saturated carbocycles. The van der Waals surface area contributed by atoms with Gasteiger partial charge in [-0.05, 0) is 12.3 Å². The number of imidazole rings is 1. The Bertz CT molecular complexity index is 228. The van der Waals surface area contributed by atoms with Crippen LogP contribution in [0.3, 0.4) is 0 Å². The number of nitrogens with one attached hydrogen (secondary N) is 1. The van der Waals surface area contributed by atoms with Gasteiger partial charge in [-0.15, -0.1) is 0 Å². The second-order valence-corrected chi connectivity index (χ2v) is 2.61. The minimum absolute atomic E-state index is 0.230. The van der Waals surface area contributed by atoms with Crippen molar-refractivity contribution in [2.75, 3.05) is 0 Å². The van der Waals surface area contributed by atoms with E-state index in [-0.39, 0.29) is 5.89 Å². The van der Waals surface area contributed by atoms with Crippen molar-refractivity contribution in [1.82, 2.24) is 9.97 Å². The van der Waals surface area contributed by atoms with Crippen molar-refractivity contribution in [3.8, 4) is 0 Å². The predicted molar refractivity (Wildman–Crippen MR) is 35.1 cm³/mol. The van der Waals surface area contributed by atoms with E-state index in [1.54, 1.807) is 6.33 Å². The first kappa shape index (κ1) is 4.09. The monoisotopic (exact) mass is 124 g/mol. The highest BCUT2D eigenvalue weighted by molar-refractivity contribution is 5.13. The molecule has 0 saturated heterocycles. The predicted octanol–water partition coefficient (Wildman–Crippen LogP) is 1.53. The lowest BCUT2D eigenvalue weighted by Crippen LogP contribution is -1.77. The van der Waals surface area contributed by atoms with Gasteiger partial charge in [0.1, 0.15) is 0 Å². The van der Waals surface area contributed by atoms with Gasteiger partial charge in [-0.2, -0.15) is 0 Å². The molecule has 1 aliphatic carbocycles. The van der Waals surface area contributed by atoms with Crippen molar-refractivity contribution in [3.05, 3.63) is 18.2 Å². The van der Waals surface area contributed by atoms with Gasteiger partial charge in [0.15, 0.2) is 0 Å². The van der Waals surface area contributed by atoms with Crippen molar-refractivity contribution < 1.29 is 1.37 Å². The number of hydrogen-bond acceptors (Lipinski definition) is 1. The van der Waals surface area contributed by atoms with E-state index in [2.05, 4.69) is 9.97 Å². The molecule has 0 amide bonds. The first-order valence-corrected chi connectivity index (χ1v) is 3.18. The molecule has 9 heavy (non-hydrogen) atoms. The molecule has 1 fully saturated rings. The SMILES string of the molecule is [3H]C1(C)CC1c1cnc[nH]1. The maximum atomic E-state index is 7.63.